The first-order valence-electron chi connectivity index (χ1n) is 6.09. The lowest BCUT2D eigenvalue weighted by Gasteiger charge is -2.19. The van der Waals surface area contributed by atoms with Crippen LogP contribution >= 0.6 is 0 Å². The van der Waals surface area contributed by atoms with Crippen molar-refractivity contribution in [3.05, 3.63) is 33.9 Å². The Kier molecular flexibility index (Phi) is 5.58. The van der Waals surface area contributed by atoms with Crippen molar-refractivity contribution < 1.29 is 9.66 Å². The zero-order valence-electron chi connectivity index (χ0n) is 11.1. The molecule has 5 heteroatoms. The Labute approximate surface area is 107 Å². The number of hydrogen-bond acceptors (Lipinski definition) is 4. The van der Waals surface area contributed by atoms with E-state index in [-0.39, 0.29) is 16.7 Å². The molecule has 1 aromatic rings. The van der Waals surface area contributed by atoms with Crippen LogP contribution in [0.4, 0.5) is 11.4 Å². The van der Waals surface area contributed by atoms with E-state index in [1.165, 1.54) is 6.07 Å². The molecule has 0 bridgehead atoms. The number of methoxy groups -OCH3 is 1. The van der Waals surface area contributed by atoms with E-state index in [0.717, 1.165) is 18.4 Å². The van der Waals surface area contributed by atoms with Crippen molar-refractivity contribution in [2.24, 2.45) is 0 Å². The summed E-state index contributed by atoms with van der Waals surface area (Å²) in [6, 6.07) is 5.18. The van der Waals surface area contributed by atoms with Crippen LogP contribution in [0.3, 0.4) is 0 Å². The van der Waals surface area contributed by atoms with Crippen molar-refractivity contribution in [3.63, 3.8) is 0 Å². The molecule has 18 heavy (non-hydrogen) atoms. The van der Waals surface area contributed by atoms with Crippen molar-refractivity contribution >= 4 is 11.4 Å². The van der Waals surface area contributed by atoms with Crippen molar-refractivity contribution in [1.82, 2.24) is 0 Å². The van der Waals surface area contributed by atoms with Gasteiger partial charge in [-0.1, -0.05) is 25.5 Å². The highest BCUT2D eigenvalue weighted by molar-refractivity contribution is 5.66. The lowest BCUT2D eigenvalue weighted by atomic mass is 10.1. The minimum absolute atomic E-state index is 0.0970. The monoisotopic (exact) mass is 252 g/mol. The molecule has 0 aliphatic rings. The van der Waals surface area contributed by atoms with Gasteiger partial charge in [-0.05, 0) is 18.9 Å². The first-order chi connectivity index (χ1) is 8.60. The maximum absolute atomic E-state index is 11.0. The van der Waals surface area contributed by atoms with E-state index in [1.807, 2.05) is 13.0 Å². The quantitative estimate of drug-likeness (QED) is 0.598. The maximum atomic E-state index is 11.0. The second-order valence-electron chi connectivity index (χ2n) is 4.31. The molecule has 1 rings (SSSR count). The van der Waals surface area contributed by atoms with E-state index >= 15 is 0 Å². The molecule has 0 aliphatic heterocycles. The topological polar surface area (TPSA) is 64.4 Å². The second kappa shape index (κ2) is 6.96. The summed E-state index contributed by atoms with van der Waals surface area (Å²) in [6.07, 6.45) is 1.92. The molecule has 1 atom stereocenters. The van der Waals surface area contributed by atoms with Gasteiger partial charge in [0, 0.05) is 19.2 Å². The zero-order chi connectivity index (χ0) is 13.5. The Morgan fingerprint density at radius 1 is 1.50 bits per heavy atom. The molecule has 0 amide bonds. The number of ether oxygens (including phenoxy) is 1. The standard InChI is InChI=1S/C13H20N2O3/c1-4-6-11(9-18-3)14-13-10(2)7-5-8-12(13)15(16)17/h5,7-8,11,14H,4,6,9H2,1-3H3. The van der Waals surface area contributed by atoms with Gasteiger partial charge < -0.3 is 10.1 Å². The molecule has 100 valence electrons. The lowest BCUT2D eigenvalue weighted by molar-refractivity contribution is -0.384. The molecule has 0 saturated carbocycles. The number of anilines is 1. The van der Waals surface area contributed by atoms with Gasteiger partial charge in [-0.2, -0.15) is 0 Å². The molecule has 1 aromatic carbocycles. The number of rotatable bonds is 7. The van der Waals surface area contributed by atoms with Gasteiger partial charge in [0.1, 0.15) is 5.69 Å². The maximum Gasteiger partial charge on any atom is 0.292 e. The van der Waals surface area contributed by atoms with E-state index in [4.69, 9.17) is 4.74 Å². The fourth-order valence-corrected chi connectivity index (χ4v) is 1.94. The van der Waals surface area contributed by atoms with E-state index in [1.54, 1.807) is 13.2 Å². The van der Waals surface area contributed by atoms with Crippen molar-refractivity contribution in [1.29, 1.82) is 0 Å². The summed E-state index contributed by atoms with van der Waals surface area (Å²) in [4.78, 5) is 10.6. The average molecular weight is 252 g/mol. The number of nitrogens with zero attached hydrogens (tertiary/aromatic N) is 1. The third-order valence-electron chi connectivity index (χ3n) is 2.80. The van der Waals surface area contributed by atoms with Crippen LogP contribution in [0.1, 0.15) is 25.3 Å². The summed E-state index contributed by atoms with van der Waals surface area (Å²) in [7, 11) is 1.64. The first-order valence-corrected chi connectivity index (χ1v) is 6.09. The van der Waals surface area contributed by atoms with E-state index in [9.17, 15) is 10.1 Å². The molecule has 0 saturated heterocycles. The minimum Gasteiger partial charge on any atom is -0.383 e. The summed E-state index contributed by atoms with van der Waals surface area (Å²) in [5.41, 5.74) is 1.59. The molecule has 1 unspecified atom stereocenters. The number of nitrogens with one attached hydrogen (secondary N) is 1. The van der Waals surface area contributed by atoms with Crippen LogP contribution in [0.2, 0.25) is 0 Å². The van der Waals surface area contributed by atoms with Gasteiger partial charge >= 0.3 is 0 Å². The Morgan fingerprint density at radius 3 is 2.78 bits per heavy atom. The third kappa shape index (κ3) is 3.70. The van der Waals surface area contributed by atoms with Crippen LogP contribution in [0.25, 0.3) is 0 Å². The van der Waals surface area contributed by atoms with Gasteiger partial charge in [0.2, 0.25) is 0 Å². The highest BCUT2D eigenvalue weighted by Gasteiger charge is 2.18. The molecule has 0 spiro atoms. The first kappa shape index (κ1) is 14.4. The highest BCUT2D eigenvalue weighted by atomic mass is 16.6. The molecular formula is C13H20N2O3. The average Bonchev–Trinajstić information content (AvgIpc) is 2.32. The Bertz CT molecular complexity index is 401. The highest BCUT2D eigenvalue weighted by Crippen LogP contribution is 2.28. The Balaban J connectivity index is 2.96. The fraction of sp³-hybridized carbons (Fsp3) is 0.538. The van der Waals surface area contributed by atoms with E-state index in [2.05, 4.69) is 12.2 Å². The zero-order valence-corrected chi connectivity index (χ0v) is 11.1. The molecule has 0 radical (unpaired) electrons. The number of aryl methyl sites for hydroxylation is 1. The largest absolute Gasteiger partial charge is 0.383 e. The van der Waals surface area contributed by atoms with Crippen LogP contribution < -0.4 is 5.32 Å². The normalized spacial score (nSPS) is 12.2. The molecule has 0 aliphatic carbocycles. The fourth-order valence-electron chi connectivity index (χ4n) is 1.94. The molecular weight excluding hydrogens is 232 g/mol. The number of hydrogen-bond donors (Lipinski definition) is 1. The van der Waals surface area contributed by atoms with Gasteiger partial charge in [-0.15, -0.1) is 0 Å². The summed E-state index contributed by atoms with van der Waals surface area (Å²) < 4.78 is 5.14. The minimum atomic E-state index is -0.356. The molecule has 0 heterocycles. The van der Waals surface area contributed by atoms with Gasteiger partial charge in [0.25, 0.3) is 5.69 Å². The summed E-state index contributed by atoms with van der Waals surface area (Å²) >= 11 is 0. The number of nitro groups is 1. The number of benzene rings is 1. The Morgan fingerprint density at radius 2 is 2.22 bits per heavy atom. The SMILES string of the molecule is CCCC(COC)Nc1c(C)cccc1[N+](=O)[O-]. The van der Waals surface area contributed by atoms with Crippen LogP contribution in [0.5, 0.6) is 0 Å². The van der Waals surface area contributed by atoms with E-state index < -0.39 is 0 Å². The van der Waals surface area contributed by atoms with Crippen LogP contribution in [-0.4, -0.2) is 24.7 Å². The molecule has 0 fully saturated rings. The smallest absolute Gasteiger partial charge is 0.292 e. The van der Waals surface area contributed by atoms with Crippen molar-refractivity contribution in [2.75, 3.05) is 19.0 Å². The van der Waals surface area contributed by atoms with Gasteiger partial charge in [-0.3, -0.25) is 10.1 Å². The number of nitro benzene ring substituents is 1. The summed E-state index contributed by atoms with van der Waals surface area (Å²) in [5.74, 6) is 0. The molecule has 1 N–H and O–H groups in total. The van der Waals surface area contributed by atoms with Crippen LogP contribution in [0, 0.1) is 17.0 Å². The summed E-state index contributed by atoms with van der Waals surface area (Å²) in [5, 5.41) is 14.2. The van der Waals surface area contributed by atoms with Crippen LogP contribution in [-0.2, 0) is 4.74 Å². The van der Waals surface area contributed by atoms with Crippen LogP contribution in [0.15, 0.2) is 18.2 Å². The molecule has 5 nitrogen and oxygen atoms in total. The van der Waals surface area contributed by atoms with Gasteiger partial charge in [-0.25, -0.2) is 0 Å². The van der Waals surface area contributed by atoms with Crippen molar-refractivity contribution in [2.45, 2.75) is 32.7 Å². The predicted octanol–water partition coefficient (Wildman–Crippen LogP) is 3.13. The second-order valence-corrected chi connectivity index (χ2v) is 4.31. The number of para-hydroxylation sites is 1. The molecule has 0 aromatic heterocycles. The van der Waals surface area contributed by atoms with Gasteiger partial charge in [0.05, 0.1) is 11.5 Å². The van der Waals surface area contributed by atoms with Crippen molar-refractivity contribution in [3.8, 4) is 0 Å². The summed E-state index contributed by atoms with van der Waals surface area (Å²) in [6.45, 7) is 4.49. The van der Waals surface area contributed by atoms with Gasteiger partial charge in [0.15, 0.2) is 0 Å². The lowest BCUT2D eigenvalue weighted by Crippen LogP contribution is -2.25. The Hall–Kier alpha value is -1.62. The predicted molar refractivity (Wildman–Crippen MR) is 72.0 cm³/mol. The third-order valence-corrected chi connectivity index (χ3v) is 2.80. The van der Waals surface area contributed by atoms with E-state index in [0.29, 0.717) is 12.3 Å².